The van der Waals surface area contributed by atoms with Crippen molar-refractivity contribution >= 4 is 5.91 Å². The van der Waals surface area contributed by atoms with Gasteiger partial charge in [-0.2, -0.15) is 0 Å². The van der Waals surface area contributed by atoms with Crippen LogP contribution in [0, 0.1) is 20.8 Å². The Morgan fingerprint density at radius 1 is 0.931 bits per heavy atom. The van der Waals surface area contributed by atoms with E-state index in [-0.39, 0.29) is 17.5 Å². The summed E-state index contributed by atoms with van der Waals surface area (Å²) in [5.41, 5.74) is 5.45. The number of rotatable bonds is 5. The second-order valence-corrected chi connectivity index (χ2v) is 9.10. The van der Waals surface area contributed by atoms with Crippen LogP contribution in [0.1, 0.15) is 77.2 Å². The summed E-state index contributed by atoms with van der Waals surface area (Å²) in [6, 6.07) is 14.9. The first-order chi connectivity index (χ1) is 14.0. The number of aryl methyl sites for hydroxylation is 3. The van der Waals surface area contributed by atoms with Gasteiger partial charge in [0.25, 0.3) is 5.91 Å². The Morgan fingerprint density at radius 3 is 2.10 bits per heavy atom. The molecule has 0 bridgehead atoms. The summed E-state index contributed by atoms with van der Waals surface area (Å²) in [7, 11) is 0. The van der Waals surface area contributed by atoms with E-state index in [1.807, 2.05) is 0 Å². The van der Waals surface area contributed by atoms with Crippen molar-refractivity contribution in [3.8, 4) is 0 Å². The smallest absolute Gasteiger partial charge is 0.252 e. The Bertz CT molecular complexity index is 839. The number of carbonyl (C=O) groups is 1. The number of benzene rings is 2. The number of carbonyl (C=O) groups excluding carboxylic acids is 1. The third-order valence-electron chi connectivity index (χ3n) is 7.06. The van der Waals surface area contributed by atoms with E-state index in [0.29, 0.717) is 0 Å². The summed E-state index contributed by atoms with van der Waals surface area (Å²) in [6.07, 6.45) is 7.37. The van der Waals surface area contributed by atoms with Gasteiger partial charge in [0.05, 0.1) is 6.04 Å². The van der Waals surface area contributed by atoms with E-state index in [1.54, 1.807) is 0 Å². The summed E-state index contributed by atoms with van der Waals surface area (Å²) < 4.78 is 0. The number of nitrogens with zero attached hydrogens (tertiary/aromatic N) is 1. The summed E-state index contributed by atoms with van der Waals surface area (Å²) in [5.74, 6) is 0.0688. The van der Waals surface area contributed by atoms with E-state index in [0.717, 1.165) is 29.8 Å². The molecule has 2 aromatic carbocycles. The maximum Gasteiger partial charge on any atom is 0.252 e. The van der Waals surface area contributed by atoms with Crippen molar-refractivity contribution in [1.29, 1.82) is 0 Å². The number of amides is 1. The first-order valence-electron chi connectivity index (χ1n) is 11.2. The minimum absolute atomic E-state index is 0.0249. The van der Waals surface area contributed by atoms with Crippen molar-refractivity contribution in [2.24, 2.45) is 0 Å². The SMILES string of the molecule is Cc1cc(C)c(C(=O)NC(c2ccccc2)C2(N3CCCC3)CCCC2)c(C)c1. The average Bonchev–Trinajstić information content (AvgIpc) is 3.38. The summed E-state index contributed by atoms with van der Waals surface area (Å²) in [5, 5.41) is 3.53. The summed E-state index contributed by atoms with van der Waals surface area (Å²) >= 11 is 0. The highest BCUT2D eigenvalue weighted by Crippen LogP contribution is 2.46. The molecule has 3 nitrogen and oxygen atoms in total. The molecular weight excluding hydrogens is 356 g/mol. The number of likely N-dealkylation sites (tertiary alicyclic amines) is 1. The van der Waals surface area contributed by atoms with E-state index in [9.17, 15) is 4.79 Å². The molecule has 2 aliphatic rings. The normalized spacial score (nSPS) is 20.0. The lowest BCUT2D eigenvalue weighted by Gasteiger charge is -2.45. The molecule has 154 valence electrons. The lowest BCUT2D eigenvalue weighted by atomic mass is 9.81. The standard InChI is InChI=1S/C26H34N2O/c1-19-17-20(2)23(21(3)18-19)25(29)27-24(22-11-5-4-6-12-22)26(13-7-8-14-26)28-15-9-10-16-28/h4-6,11-12,17-18,24H,7-10,13-16H2,1-3H3,(H,27,29). The van der Waals surface area contributed by atoms with Gasteiger partial charge in [0, 0.05) is 11.1 Å². The minimum Gasteiger partial charge on any atom is -0.343 e. The predicted molar refractivity (Wildman–Crippen MR) is 119 cm³/mol. The van der Waals surface area contributed by atoms with Gasteiger partial charge in [-0.1, -0.05) is 60.9 Å². The van der Waals surface area contributed by atoms with Gasteiger partial charge in [0.1, 0.15) is 0 Å². The van der Waals surface area contributed by atoms with Crippen molar-refractivity contribution in [2.45, 2.75) is 70.9 Å². The van der Waals surface area contributed by atoms with E-state index in [1.165, 1.54) is 49.7 Å². The van der Waals surface area contributed by atoms with Crippen molar-refractivity contribution in [3.05, 3.63) is 70.3 Å². The molecular formula is C26H34N2O. The van der Waals surface area contributed by atoms with Gasteiger partial charge >= 0.3 is 0 Å². The van der Waals surface area contributed by atoms with E-state index < -0.39 is 0 Å². The minimum atomic E-state index is 0.0249. The Balaban J connectivity index is 1.73. The van der Waals surface area contributed by atoms with Crippen LogP contribution in [0.4, 0.5) is 0 Å². The largest absolute Gasteiger partial charge is 0.343 e. The van der Waals surface area contributed by atoms with E-state index in [2.05, 4.69) is 73.5 Å². The molecule has 2 fully saturated rings. The topological polar surface area (TPSA) is 32.3 Å². The van der Waals surface area contributed by atoms with Gasteiger partial charge in [-0.05, 0) is 76.2 Å². The molecule has 0 radical (unpaired) electrons. The predicted octanol–water partition coefficient (Wildman–Crippen LogP) is 5.49. The monoisotopic (exact) mass is 390 g/mol. The second kappa shape index (κ2) is 8.31. The van der Waals surface area contributed by atoms with Crippen LogP contribution in [-0.4, -0.2) is 29.4 Å². The zero-order valence-electron chi connectivity index (χ0n) is 18.1. The van der Waals surface area contributed by atoms with Crippen LogP contribution in [0.25, 0.3) is 0 Å². The van der Waals surface area contributed by atoms with Crippen molar-refractivity contribution in [1.82, 2.24) is 10.2 Å². The first-order valence-corrected chi connectivity index (χ1v) is 11.2. The Kier molecular flexibility index (Phi) is 5.78. The molecule has 3 heteroatoms. The molecule has 1 heterocycles. The number of nitrogens with one attached hydrogen (secondary N) is 1. The Hall–Kier alpha value is -2.13. The van der Waals surface area contributed by atoms with Gasteiger partial charge in [-0.25, -0.2) is 0 Å². The molecule has 1 N–H and O–H groups in total. The molecule has 1 aliphatic carbocycles. The summed E-state index contributed by atoms with van der Waals surface area (Å²) in [6.45, 7) is 8.51. The van der Waals surface area contributed by atoms with Gasteiger partial charge in [0.15, 0.2) is 0 Å². The van der Waals surface area contributed by atoms with Crippen LogP contribution in [0.15, 0.2) is 42.5 Å². The average molecular weight is 391 g/mol. The van der Waals surface area contributed by atoms with Gasteiger partial charge < -0.3 is 5.32 Å². The third kappa shape index (κ3) is 3.85. The molecule has 1 unspecified atom stereocenters. The van der Waals surface area contributed by atoms with Gasteiger partial charge in [-0.3, -0.25) is 9.69 Å². The van der Waals surface area contributed by atoms with Gasteiger partial charge in [0.2, 0.25) is 0 Å². The molecule has 4 rings (SSSR count). The van der Waals surface area contributed by atoms with Crippen LogP contribution in [0.2, 0.25) is 0 Å². The highest BCUT2D eigenvalue weighted by atomic mass is 16.1. The first kappa shape index (κ1) is 20.2. The molecule has 1 amide bonds. The van der Waals surface area contributed by atoms with Crippen molar-refractivity contribution in [3.63, 3.8) is 0 Å². The molecule has 2 aromatic rings. The molecule has 1 saturated carbocycles. The Labute approximate surface area is 175 Å². The fraction of sp³-hybridized carbons (Fsp3) is 0.500. The zero-order valence-corrected chi connectivity index (χ0v) is 18.1. The van der Waals surface area contributed by atoms with Crippen LogP contribution in [0.5, 0.6) is 0 Å². The third-order valence-corrected chi connectivity index (χ3v) is 7.06. The van der Waals surface area contributed by atoms with E-state index in [4.69, 9.17) is 0 Å². The maximum absolute atomic E-state index is 13.6. The molecule has 1 atom stereocenters. The molecule has 0 aromatic heterocycles. The lowest BCUT2D eigenvalue weighted by molar-refractivity contribution is 0.0642. The van der Waals surface area contributed by atoms with Crippen LogP contribution in [0.3, 0.4) is 0 Å². The lowest BCUT2D eigenvalue weighted by Crippen LogP contribution is -2.55. The van der Waals surface area contributed by atoms with Crippen molar-refractivity contribution < 1.29 is 4.79 Å². The second-order valence-electron chi connectivity index (χ2n) is 9.10. The number of hydrogen-bond acceptors (Lipinski definition) is 2. The molecule has 0 spiro atoms. The Morgan fingerprint density at radius 2 is 1.52 bits per heavy atom. The quantitative estimate of drug-likeness (QED) is 0.732. The van der Waals surface area contributed by atoms with Crippen molar-refractivity contribution in [2.75, 3.05) is 13.1 Å². The summed E-state index contributed by atoms with van der Waals surface area (Å²) in [4.78, 5) is 16.3. The molecule has 1 aliphatic heterocycles. The van der Waals surface area contributed by atoms with Gasteiger partial charge in [-0.15, -0.1) is 0 Å². The molecule has 29 heavy (non-hydrogen) atoms. The van der Waals surface area contributed by atoms with Crippen LogP contribution < -0.4 is 5.32 Å². The fourth-order valence-corrected chi connectivity index (χ4v) is 5.85. The number of hydrogen-bond donors (Lipinski definition) is 1. The fourth-order valence-electron chi connectivity index (χ4n) is 5.85. The highest BCUT2D eigenvalue weighted by Gasteiger charge is 2.48. The van der Waals surface area contributed by atoms with Crippen LogP contribution >= 0.6 is 0 Å². The maximum atomic E-state index is 13.6. The highest BCUT2D eigenvalue weighted by molar-refractivity contribution is 5.97. The van der Waals surface area contributed by atoms with E-state index >= 15 is 0 Å². The molecule has 1 saturated heterocycles. The zero-order chi connectivity index (χ0) is 20.4. The van der Waals surface area contributed by atoms with Crippen LogP contribution in [-0.2, 0) is 0 Å².